The van der Waals surface area contributed by atoms with Gasteiger partial charge in [-0.05, 0) is 51.6 Å². The fourth-order valence-corrected chi connectivity index (χ4v) is 4.10. The number of fused-ring (bicyclic) bond motifs is 1. The maximum Gasteiger partial charge on any atom is 0.225 e. The minimum Gasteiger partial charge on any atom is -0.494 e. The Morgan fingerprint density at radius 2 is 2.00 bits per heavy atom. The number of likely N-dealkylation sites (N-methyl/N-ethyl adjacent to an activating group) is 1. The first-order valence-corrected chi connectivity index (χ1v) is 9.86. The third-order valence-electron chi connectivity index (χ3n) is 5.51. The second-order valence-electron chi connectivity index (χ2n) is 7.85. The predicted molar refractivity (Wildman–Crippen MR) is 113 cm³/mol. The Kier molecular flexibility index (Phi) is 5.09. The molecule has 7 heteroatoms. The molecule has 2 aromatic heterocycles. The Hall–Kier alpha value is -2.80. The largest absolute Gasteiger partial charge is 0.494 e. The maximum atomic E-state index is 10.2. The van der Waals surface area contributed by atoms with Crippen LogP contribution in [0.3, 0.4) is 0 Å². The molecule has 0 aliphatic heterocycles. The van der Waals surface area contributed by atoms with E-state index in [9.17, 15) is 5.11 Å². The van der Waals surface area contributed by atoms with Crippen molar-refractivity contribution in [2.45, 2.75) is 44.7 Å². The fraction of sp³-hybridized carbons (Fsp3) is 0.429. The highest BCUT2D eigenvalue weighted by Gasteiger charge is 2.27. The number of hydrogen-bond acceptors (Lipinski definition) is 6. The average molecular weight is 380 g/mol. The van der Waals surface area contributed by atoms with Gasteiger partial charge in [0.2, 0.25) is 11.8 Å². The van der Waals surface area contributed by atoms with E-state index in [4.69, 9.17) is 4.98 Å². The van der Waals surface area contributed by atoms with Crippen LogP contribution in [0, 0.1) is 6.92 Å². The summed E-state index contributed by atoms with van der Waals surface area (Å²) in [5, 5.41) is 17.7. The van der Waals surface area contributed by atoms with E-state index in [1.54, 1.807) is 6.20 Å². The Morgan fingerprint density at radius 3 is 2.79 bits per heavy atom. The maximum absolute atomic E-state index is 10.2. The number of nitrogens with one attached hydrogen (secondary N) is 3. The minimum absolute atomic E-state index is 0.0699. The van der Waals surface area contributed by atoms with E-state index in [1.807, 2.05) is 31.2 Å². The number of hydrogen-bond donors (Lipinski definition) is 4. The van der Waals surface area contributed by atoms with E-state index in [1.165, 1.54) is 19.3 Å². The Morgan fingerprint density at radius 1 is 1.18 bits per heavy atom. The molecular formula is C21H28N6O. The van der Waals surface area contributed by atoms with Crippen molar-refractivity contribution in [3.05, 3.63) is 36.0 Å². The number of aryl methyl sites for hydroxylation is 1. The van der Waals surface area contributed by atoms with Crippen LogP contribution in [0.5, 0.6) is 5.88 Å². The van der Waals surface area contributed by atoms with Gasteiger partial charge in [0.1, 0.15) is 11.2 Å². The predicted octanol–water partition coefficient (Wildman–Crippen LogP) is 4.00. The molecule has 7 nitrogen and oxygen atoms in total. The van der Waals surface area contributed by atoms with Crippen LogP contribution in [0.25, 0.3) is 10.9 Å². The van der Waals surface area contributed by atoms with Gasteiger partial charge in [-0.15, -0.1) is 0 Å². The standard InChI is InChI=1S/C21H28N6O/c1-13-7-6-8-14(11-13)23-19-18-16(12-22-20(18)28)25-21(26-19)24-15-9-4-5-10-17(15)27(2)3/h6-8,11-12,15,17,22,28H,4-5,9-10H2,1-3H3,(H2,23,24,25,26)/t15-,17+/m1/s1. The summed E-state index contributed by atoms with van der Waals surface area (Å²) in [5.74, 6) is 1.25. The first kappa shape index (κ1) is 18.6. The Bertz CT molecular complexity index is 967. The van der Waals surface area contributed by atoms with Gasteiger partial charge in [-0.2, -0.15) is 4.98 Å². The summed E-state index contributed by atoms with van der Waals surface area (Å²) in [6, 6.07) is 8.85. The van der Waals surface area contributed by atoms with Crippen LogP contribution in [0.4, 0.5) is 17.5 Å². The first-order valence-electron chi connectivity index (χ1n) is 9.86. The fourth-order valence-electron chi connectivity index (χ4n) is 4.10. The third-order valence-corrected chi connectivity index (χ3v) is 5.51. The zero-order valence-corrected chi connectivity index (χ0v) is 16.7. The molecule has 4 rings (SSSR count). The zero-order chi connectivity index (χ0) is 19.7. The Balaban J connectivity index is 1.68. The number of aromatic hydroxyl groups is 1. The molecule has 2 heterocycles. The van der Waals surface area contributed by atoms with E-state index >= 15 is 0 Å². The monoisotopic (exact) mass is 380 g/mol. The summed E-state index contributed by atoms with van der Waals surface area (Å²) in [6.45, 7) is 2.05. The third kappa shape index (κ3) is 3.75. The SMILES string of the molecule is Cc1cccc(Nc2nc(N[C@@H]3CCCC[C@@H]3N(C)C)nc3c[nH]c(O)c23)c1. The van der Waals surface area contributed by atoms with Gasteiger partial charge >= 0.3 is 0 Å². The molecule has 1 aromatic carbocycles. The molecule has 1 saturated carbocycles. The summed E-state index contributed by atoms with van der Waals surface area (Å²) in [4.78, 5) is 14.5. The number of aromatic amines is 1. The highest BCUT2D eigenvalue weighted by molar-refractivity contribution is 5.96. The van der Waals surface area contributed by atoms with Crippen LogP contribution in [-0.4, -0.2) is 51.1 Å². The molecule has 1 fully saturated rings. The number of rotatable bonds is 5. The summed E-state index contributed by atoms with van der Waals surface area (Å²) in [6.07, 6.45) is 6.45. The van der Waals surface area contributed by atoms with Crippen molar-refractivity contribution in [1.82, 2.24) is 19.9 Å². The van der Waals surface area contributed by atoms with Crippen LogP contribution in [0.15, 0.2) is 30.5 Å². The van der Waals surface area contributed by atoms with Crippen molar-refractivity contribution in [3.63, 3.8) is 0 Å². The normalized spacial score (nSPS) is 19.9. The van der Waals surface area contributed by atoms with E-state index in [0.717, 1.165) is 17.7 Å². The van der Waals surface area contributed by atoms with Gasteiger partial charge in [0.15, 0.2) is 0 Å². The van der Waals surface area contributed by atoms with Crippen LogP contribution < -0.4 is 10.6 Å². The molecule has 4 N–H and O–H groups in total. The van der Waals surface area contributed by atoms with Crippen LogP contribution in [0.1, 0.15) is 31.2 Å². The van der Waals surface area contributed by atoms with Crippen LogP contribution in [-0.2, 0) is 0 Å². The van der Waals surface area contributed by atoms with Gasteiger partial charge in [-0.25, -0.2) is 4.98 Å². The van der Waals surface area contributed by atoms with Gasteiger partial charge in [0.25, 0.3) is 0 Å². The van der Waals surface area contributed by atoms with Crippen molar-refractivity contribution in [1.29, 1.82) is 0 Å². The lowest BCUT2D eigenvalue weighted by atomic mass is 9.89. The van der Waals surface area contributed by atoms with Crippen molar-refractivity contribution in [2.75, 3.05) is 24.7 Å². The highest BCUT2D eigenvalue weighted by Crippen LogP contribution is 2.33. The molecule has 0 unspecified atom stereocenters. The molecule has 0 bridgehead atoms. The van der Waals surface area contributed by atoms with Crippen LogP contribution in [0.2, 0.25) is 0 Å². The van der Waals surface area contributed by atoms with Gasteiger partial charge in [-0.1, -0.05) is 25.0 Å². The van der Waals surface area contributed by atoms with Crippen molar-refractivity contribution in [2.24, 2.45) is 0 Å². The molecule has 148 valence electrons. The second kappa shape index (κ2) is 7.67. The molecular weight excluding hydrogens is 352 g/mol. The summed E-state index contributed by atoms with van der Waals surface area (Å²) in [5.41, 5.74) is 2.76. The van der Waals surface area contributed by atoms with Crippen molar-refractivity contribution < 1.29 is 5.11 Å². The number of anilines is 3. The molecule has 28 heavy (non-hydrogen) atoms. The number of H-pyrrole nitrogens is 1. The molecule has 0 radical (unpaired) electrons. The lowest BCUT2D eigenvalue weighted by molar-refractivity contribution is 0.211. The molecule has 0 spiro atoms. The second-order valence-corrected chi connectivity index (χ2v) is 7.85. The summed E-state index contributed by atoms with van der Waals surface area (Å²) >= 11 is 0. The number of aromatic nitrogens is 3. The van der Waals surface area contributed by atoms with E-state index in [0.29, 0.717) is 34.8 Å². The summed E-state index contributed by atoms with van der Waals surface area (Å²) < 4.78 is 0. The topological polar surface area (TPSA) is 89.1 Å². The lowest BCUT2D eigenvalue weighted by Gasteiger charge is -2.36. The van der Waals surface area contributed by atoms with Gasteiger partial charge < -0.3 is 25.6 Å². The first-order chi connectivity index (χ1) is 13.5. The van der Waals surface area contributed by atoms with E-state index in [-0.39, 0.29) is 5.88 Å². The number of nitrogens with zero attached hydrogens (tertiary/aromatic N) is 3. The van der Waals surface area contributed by atoms with Gasteiger partial charge in [0, 0.05) is 24.0 Å². The zero-order valence-electron chi connectivity index (χ0n) is 16.7. The van der Waals surface area contributed by atoms with Gasteiger partial charge in [0.05, 0.1) is 5.52 Å². The summed E-state index contributed by atoms with van der Waals surface area (Å²) in [7, 11) is 4.26. The van der Waals surface area contributed by atoms with E-state index in [2.05, 4.69) is 39.6 Å². The molecule has 3 aromatic rings. The van der Waals surface area contributed by atoms with Crippen molar-refractivity contribution >= 4 is 28.4 Å². The van der Waals surface area contributed by atoms with Crippen molar-refractivity contribution in [3.8, 4) is 5.88 Å². The van der Waals surface area contributed by atoms with Gasteiger partial charge in [-0.3, -0.25) is 0 Å². The minimum atomic E-state index is 0.0699. The van der Waals surface area contributed by atoms with E-state index < -0.39 is 0 Å². The molecule has 0 amide bonds. The molecule has 1 aliphatic rings. The molecule has 1 aliphatic carbocycles. The molecule has 2 atom stereocenters. The lowest BCUT2D eigenvalue weighted by Crippen LogP contribution is -2.45. The average Bonchev–Trinajstić information content (AvgIpc) is 3.03. The number of benzene rings is 1. The molecule has 0 saturated heterocycles. The van der Waals surface area contributed by atoms with Crippen LogP contribution >= 0.6 is 0 Å². The smallest absolute Gasteiger partial charge is 0.225 e. The quantitative estimate of drug-likeness (QED) is 0.535. The highest BCUT2D eigenvalue weighted by atomic mass is 16.3. The Labute approximate surface area is 165 Å².